The van der Waals surface area contributed by atoms with Gasteiger partial charge in [0.1, 0.15) is 11.9 Å². The second-order valence-electron chi connectivity index (χ2n) is 6.75. The Balaban J connectivity index is 1.60. The van der Waals surface area contributed by atoms with Crippen molar-refractivity contribution in [3.05, 3.63) is 6.33 Å². The highest BCUT2D eigenvalue weighted by atomic mass is 16.6. The minimum Gasteiger partial charge on any atom is -0.444 e. The maximum Gasteiger partial charge on any atom is 0.410 e. The second kappa shape index (κ2) is 5.25. The number of nitrogens with zero attached hydrogens (tertiary/aromatic N) is 6. The summed E-state index contributed by atoms with van der Waals surface area (Å²) in [4.78, 5) is 16.4. The van der Waals surface area contributed by atoms with Crippen LogP contribution in [-0.4, -0.2) is 73.9 Å². The number of hydrogen-bond acceptors (Lipinski definition) is 6. The minimum atomic E-state index is -0.446. The molecule has 0 aliphatic carbocycles. The summed E-state index contributed by atoms with van der Waals surface area (Å²) in [7, 11) is 0. The zero-order valence-corrected chi connectivity index (χ0v) is 12.8. The number of ether oxygens (including phenoxy) is 1. The highest BCUT2D eigenvalue weighted by Crippen LogP contribution is 2.29. The Morgan fingerprint density at radius 2 is 2.05 bits per heavy atom. The molecular formula is C13H22N6O2. The summed E-state index contributed by atoms with van der Waals surface area (Å²) in [5.41, 5.74) is -0.446. The molecule has 0 saturated carbocycles. The first-order chi connectivity index (χ1) is 9.92. The van der Waals surface area contributed by atoms with E-state index < -0.39 is 5.60 Å². The third-order valence-corrected chi connectivity index (χ3v) is 3.98. The highest BCUT2D eigenvalue weighted by Gasteiger charge is 2.39. The molecule has 8 heteroatoms. The molecule has 0 radical (unpaired) electrons. The second-order valence-corrected chi connectivity index (χ2v) is 6.75. The van der Waals surface area contributed by atoms with Gasteiger partial charge in [0.25, 0.3) is 0 Å². The first kappa shape index (κ1) is 14.2. The fourth-order valence-corrected chi connectivity index (χ4v) is 3.04. The number of aromatic nitrogens is 4. The Labute approximate surface area is 124 Å². The number of carbonyl (C=O) groups is 1. The molecule has 3 heterocycles. The van der Waals surface area contributed by atoms with Crippen molar-refractivity contribution in [2.24, 2.45) is 0 Å². The SMILES string of the molecule is CC(C)(C)OC(=O)N1CCN2C[C@@H](n3cnnn3)C[C@@H]2C1. The first-order valence-electron chi connectivity index (χ1n) is 7.37. The van der Waals surface area contributed by atoms with Gasteiger partial charge in [-0.2, -0.15) is 0 Å². The van der Waals surface area contributed by atoms with Crippen LogP contribution in [0.15, 0.2) is 6.33 Å². The van der Waals surface area contributed by atoms with E-state index in [1.165, 1.54) is 0 Å². The van der Waals surface area contributed by atoms with E-state index in [0.717, 1.165) is 19.5 Å². The van der Waals surface area contributed by atoms with Crippen LogP contribution < -0.4 is 0 Å². The lowest BCUT2D eigenvalue weighted by atomic mass is 10.1. The molecule has 3 rings (SSSR count). The highest BCUT2D eigenvalue weighted by molar-refractivity contribution is 5.68. The number of tetrazole rings is 1. The monoisotopic (exact) mass is 294 g/mol. The molecule has 0 N–H and O–H groups in total. The van der Waals surface area contributed by atoms with Gasteiger partial charge in [-0.3, -0.25) is 4.90 Å². The molecule has 2 fully saturated rings. The summed E-state index contributed by atoms with van der Waals surface area (Å²) in [6.45, 7) is 8.93. The molecule has 0 spiro atoms. The average molecular weight is 294 g/mol. The Morgan fingerprint density at radius 1 is 1.24 bits per heavy atom. The van der Waals surface area contributed by atoms with E-state index in [4.69, 9.17) is 4.74 Å². The fraction of sp³-hybridized carbons (Fsp3) is 0.846. The summed E-state index contributed by atoms with van der Waals surface area (Å²) in [5, 5.41) is 11.4. The fourth-order valence-electron chi connectivity index (χ4n) is 3.04. The number of fused-ring (bicyclic) bond motifs is 1. The van der Waals surface area contributed by atoms with Crippen molar-refractivity contribution < 1.29 is 9.53 Å². The van der Waals surface area contributed by atoms with E-state index in [-0.39, 0.29) is 6.09 Å². The molecule has 0 aromatic carbocycles. The largest absolute Gasteiger partial charge is 0.444 e. The van der Waals surface area contributed by atoms with Gasteiger partial charge in [-0.15, -0.1) is 5.10 Å². The molecule has 21 heavy (non-hydrogen) atoms. The van der Waals surface area contributed by atoms with Gasteiger partial charge in [-0.25, -0.2) is 9.48 Å². The van der Waals surface area contributed by atoms with E-state index in [9.17, 15) is 4.79 Å². The summed E-state index contributed by atoms with van der Waals surface area (Å²) in [5.74, 6) is 0. The van der Waals surface area contributed by atoms with Crippen LogP contribution in [0.25, 0.3) is 0 Å². The topological polar surface area (TPSA) is 76.4 Å². The van der Waals surface area contributed by atoms with E-state index in [0.29, 0.717) is 25.2 Å². The quantitative estimate of drug-likeness (QED) is 0.752. The van der Waals surface area contributed by atoms with Crippen LogP contribution in [0.4, 0.5) is 4.79 Å². The molecular weight excluding hydrogens is 272 g/mol. The van der Waals surface area contributed by atoms with Crippen LogP contribution in [0.1, 0.15) is 33.2 Å². The van der Waals surface area contributed by atoms with E-state index in [1.54, 1.807) is 6.33 Å². The Hall–Kier alpha value is -1.70. The van der Waals surface area contributed by atoms with Gasteiger partial charge in [-0.05, 0) is 37.6 Å². The third-order valence-electron chi connectivity index (χ3n) is 3.98. The molecule has 2 aliphatic heterocycles. The molecule has 2 atom stereocenters. The predicted molar refractivity (Wildman–Crippen MR) is 74.6 cm³/mol. The lowest BCUT2D eigenvalue weighted by molar-refractivity contribution is 0.00924. The number of piperazine rings is 1. The number of carbonyl (C=O) groups excluding carboxylic acids is 1. The van der Waals surface area contributed by atoms with Gasteiger partial charge in [-0.1, -0.05) is 0 Å². The zero-order chi connectivity index (χ0) is 15.0. The Kier molecular flexibility index (Phi) is 3.56. The standard InChI is InChI=1S/C13H22N6O2/c1-13(2,3)21-12(20)18-5-4-17-8-11(6-10(17)7-18)19-9-14-15-16-19/h9-11H,4-8H2,1-3H3/t10-,11+/m1/s1. The van der Waals surface area contributed by atoms with E-state index in [1.807, 2.05) is 30.4 Å². The maximum atomic E-state index is 12.2. The summed E-state index contributed by atoms with van der Waals surface area (Å²) in [6, 6.07) is 0.657. The van der Waals surface area contributed by atoms with E-state index >= 15 is 0 Å². The van der Waals surface area contributed by atoms with Gasteiger partial charge in [0.2, 0.25) is 0 Å². The molecule has 2 aliphatic rings. The van der Waals surface area contributed by atoms with Crippen LogP contribution in [0, 0.1) is 0 Å². The number of hydrogen-bond donors (Lipinski definition) is 0. The van der Waals surface area contributed by atoms with Crippen molar-refractivity contribution in [2.75, 3.05) is 26.2 Å². The molecule has 2 saturated heterocycles. The van der Waals surface area contributed by atoms with Gasteiger partial charge in [0, 0.05) is 32.2 Å². The van der Waals surface area contributed by atoms with Crippen LogP contribution in [-0.2, 0) is 4.74 Å². The molecule has 8 nitrogen and oxygen atoms in total. The van der Waals surface area contributed by atoms with Gasteiger partial charge >= 0.3 is 6.09 Å². The lowest BCUT2D eigenvalue weighted by Crippen LogP contribution is -2.53. The minimum absolute atomic E-state index is 0.215. The summed E-state index contributed by atoms with van der Waals surface area (Å²) >= 11 is 0. The predicted octanol–water partition coefficient (Wildman–Crippen LogP) is 0.539. The van der Waals surface area contributed by atoms with Crippen LogP contribution in [0.5, 0.6) is 0 Å². The summed E-state index contributed by atoms with van der Waals surface area (Å²) < 4.78 is 7.27. The molecule has 1 aromatic rings. The number of amides is 1. The zero-order valence-electron chi connectivity index (χ0n) is 12.8. The maximum absolute atomic E-state index is 12.2. The van der Waals surface area contributed by atoms with Crippen molar-refractivity contribution in [3.63, 3.8) is 0 Å². The molecule has 1 aromatic heterocycles. The Morgan fingerprint density at radius 3 is 2.71 bits per heavy atom. The van der Waals surface area contributed by atoms with Crippen molar-refractivity contribution in [2.45, 2.75) is 44.9 Å². The normalized spacial score (nSPS) is 26.7. The van der Waals surface area contributed by atoms with Crippen molar-refractivity contribution in [1.29, 1.82) is 0 Å². The van der Waals surface area contributed by atoms with Gasteiger partial charge in [0.05, 0.1) is 6.04 Å². The van der Waals surface area contributed by atoms with Crippen LogP contribution in [0.3, 0.4) is 0 Å². The average Bonchev–Trinajstić information content (AvgIpc) is 3.04. The van der Waals surface area contributed by atoms with Crippen LogP contribution in [0.2, 0.25) is 0 Å². The summed E-state index contributed by atoms with van der Waals surface area (Å²) in [6.07, 6.45) is 2.41. The van der Waals surface area contributed by atoms with Gasteiger partial charge < -0.3 is 9.64 Å². The first-order valence-corrected chi connectivity index (χ1v) is 7.37. The van der Waals surface area contributed by atoms with Crippen molar-refractivity contribution in [1.82, 2.24) is 30.0 Å². The van der Waals surface area contributed by atoms with Gasteiger partial charge in [0.15, 0.2) is 0 Å². The van der Waals surface area contributed by atoms with E-state index in [2.05, 4.69) is 20.4 Å². The molecule has 1 amide bonds. The molecule has 116 valence electrons. The smallest absolute Gasteiger partial charge is 0.410 e. The van der Waals surface area contributed by atoms with Crippen molar-refractivity contribution >= 4 is 6.09 Å². The number of rotatable bonds is 1. The Bertz CT molecular complexity index is 497. The molecule has 0 unspecified atom stereocenters. The molecule has 0 bridgehead atoms. The lowest BCUT2D eigenvalue weighted by Gasteiger charge is -2.37. The van der Waals surface area contributed by atoms with Crippen LogP contribution >= 0.6 is 0 Å². The third kappa shape index (κ3) is 3.15. The van der Waals surface area contributed by atoms with Crippen molar-refractivity contribution in [3.8, 4) is 0 Å².